The van der Waals surface area contributed by atoms with Gasteiger partial charge in [-0.25, -0.2) is 0 Å². The predicted octanol–water partition coefficient (Wildman–Crippen LogP) is 3.51. The van der Waals surface area contributed by atoms with Crippen molar-refractivity contribution in [2.45, 2.75) is 13.0 Å². The van der Waals surface area contributed by atoms with Crippen molar-refractivity contribution in [3.8, 4) is 5.75 Å². The highest BCUT2D eigenvalue weighted by Gasteiger charge is 2.09. The molecule has 5 nitrogen and oxygen atoms in total. The molecule has 0 aliphatic carbocycles. The highest BCUT2D eigenvalue weighted by Crippen LogP contribution is 2.22. The van der Waals surface area contributed by atoms with Crippen LogP contribution >= 0.6 is 0 Å². The van der Waals surface area contributed by atoms with Gasteiger partial charge in [-0.05, 0) is 30.2 Å². The van der Waals surface area contributed by atoms with Crippen LogP contribution in [0.2, 0.25) is 0 Å². The van der Waals surface area contributed by atoms with Crippen LogP contribution < -0.4 is 10.1 Å². The van der Waals surface area contributed by atoms with Crippen LogP contribution in [0.25, 0.3) is 10.9 Å². The number of hydrogen-bond acceptors (Lipinski definition) is 3. The van der Waals surface area contributed by atoms with E-state index in [9.17, 15) is 4.79 Å². The van der Waals surface area contributed by atoms with E-state index in [1.165, 1.54) is 0 Å². The van der Waals surface area contributed by atoms with E-state index < -0.39 is 0 Å². The van der Waals surface area contributed by atoms with Gasteiger partial charge in [-0.1, -0.05) is 30.3 Å². The van der Waals surface area contributed by atoms with E-state index in [0.29, 0.717) is 25.5 Å². The molecule has 0 aliphatic rings. The molecule has 0 atom stereocenters. The van der Waals surface area contributed by atoms with Gasteiger partial charge in [0.2, 0.25) is 0 Å². The van der Waals surface area contributed by atoms with E-state index in [1.54, 1.807) is 7.11 Å². The second-order valence-electron chi connectivity index (χ2n) is 5.81. The Kier molecular flexibility index (Phi) is 5.69. The molecule has 0 fully saturated rings. The molecule has 25 heavy (non-hydrogen) atoms. The van der Waals surface area contributed by atoms with Crippen LogP contribution in [0, 0.1) is 0 Å². The standard InChI is InChI=1S/C20H22N2O3/c1-24-11-5-10-21-20(23)19-12-16-8-9-17(13-18(16)22-19)25-14-15-6-3-2-4-7-15/h2-4,6-9,12-13,22H,5,10-11,14H2,1H3,(H,21,23). The largest absolute Gasteiger partial charge is 0.489 e. The molecule has 0 aliphatic heterocycles. The number of aromatic nitrogens is 1. The Morgan fingerprint density at radius 1 is 1.12 bits per heavy atom. The third-order valence-corrected chi connectivity index (χ3v) is 3.90. The molecule has 1 aromatic heterocycles. The van der Waals surface area contributed by atoms with Crippen LogP contribution in [0.4, 0.5) is 0 Å². The van der Waals surface area contributed by atoms with Crippen LogP contribution in [-0.4, -0.2) is 31.2 Å². The molecule has 1 heterocycles. The fourth-order valence-electron chi connectivity index (χ4n) is 2.57. The van der Waals surface area contributed by atoms with Crippen molar-refractivity contribution in [1.82, 2.24) is 10.3 Å². The van der Waals surface area contributed by atoms with Gasteiger partial charge in [0.1, 0.15) is 18.1 Å². The molecule has 1 amide bonds. The lowest BCUT2D eigenvalue weighted by Crippen LogP contribution is -2.25. The smallest absolute Gasteiger partial charge is 0.267 e. The number of carbonyl (C=O) groups excluding carboxylic acids is 1. The highest BCUT2D eigenvalue weighted by atomic mass is 16.5. The van der Waals surface area contributed by atoms with Crippen molar-refractivity contribution in [3.63, 3.8) is 0 Å². The number of H-pyrrole nitrogens is 1. The number of nitrogens with one attached hydrogen (secondary N) is 2. The van der Waals surface area contributed by atoms with E-state index in [0.717, 1.165) is 28.6 Å². The second kappa shape index (κ2) is 8.35. The summed E-state index contributed by atoms with van der Waals surface area (Å²) in [5, 5.41) is 3.86. The third kappa shape index (κ3) is 4.61. The van der Waals surface area contributed by atoms with Gasteiger partial charge in [-0.2, -0.15) is 0 Å². The van der Waals surface area contributed by atoms with Crippen LogP contribution in [0.5, 0.6) is 5.75 Å². The van der Waals surface area contributed by atoms with E-state index in [2.05, 4.69) is 10.3 Å². The molecule has 0 radical (unpaired) electrons. The molecule has 5 heteroatoms. The van der Waals surface area contributed by atoms with Crippen molar-refractivity contribution in [2.75, 3.05) is 20.3 Å². The Morgan fingerprint density at radius 2 is 1.96 bits per heavy atom. The number of benzene rings is 2. The van der Waals surface area contributed by atoms with Crippen LogP contribution in [0.15, 0.2) is 54.6 Å². The van der Waals surface area contributed by atoms with E-state index in [-0.39, 0.29) is 5.91 Å². The van der Waals surface area contributed by atoms with Crippen molar-refractivity contribution < 1.29 is 14.3 Å². The molecule has 0 saturated carbocycles. The van der Waals surface area contributed by atoms with Gasteiger partial charge < -0.3 is 19.8 Å². The summed E-state index contributed by atoms with van der Waals surface area (Å²) in [6.45, 7) is 1.74. The van der Waals surface area contributed by atoms with Gasteiger partial charge >= 0.3 is 0 Å². The molecule has 2 aromatic carbocycles. The average molecular weight is 338 g/mol. The zero-order valence-electron chi connectivity index (χ0n) is 14.2. The SMILES string of the molecule is COCCCNC(=O)c1cc2ccc(OCc3ccccc3)cc2[nH]1. The minimum atomic E-state index is -0.112. The first-order valence-electron chi connectivity index (χ1n) is 8.33. The highest BCUT2D eigenvalue weighted by molar-refractivity contribution is 5.98. The quantitative estimate of drug-likeness (QED) is 0.618. The van der Waals surface area contributed by atoms with Crippen molar-refractivity contribution in [1.29, 1.82) is 0 Å². The summed E-state index contributed by atoms with van der Waals surface area (Å²) in [6.07, 6.45) is 0.792. The summed E-state index contributed by atoms with van der Waals surface area (Å²) in [5.41, 5.74) is 2.55. The van der Waals surface area contributed by atoms with Gasteiger partial charge in [-0.15, -0.1) is 0 Å². The number of aromatic amines is 1. The fourth-order valence-corrected chi connectivity index (χ4v) is 2.57. The Balaban J connectivity index is 1.63. The molecule has 0 unspecified atom stereocenters. The van der Waals surface area contributed by atoms with Crippen molar-refractivity contribution >= 4 is 16.8 Å². The van der Waals surface area contributed by atoms with E-state index >= 15 is 0 Å². The Labute approximate surface area is 147 Å². The maximum Gasteiger partial charge on any atom is 0.267 e. The van der Waals surface area contributed by atoms with Gasteiger partial charge in [-0.3, -0.25) is 4.79 Å². The molecular formula is C20H22N2O3. The molecule has 130 valence electrons. The summed E-state index contributed by atoms with van der Waals surface area (Å²) in [7, 11) is 1.65. The molecule has 0 saturated heterocycles. The fraction of sp³-hybridized carbons (Fsp3) is 0.250. The minimum Gasteiger partial charge on any atom is -0.489 e. The Bertz CT molecular complexity index is 827. The molecule has 3 aromatic rings. The van der Waals surface area contributed by atoms with Crippen molar-refractivity contribution in [2.24, 2.45) is 0 Å². The molecular weight excluding hydrogens is 316 g/mol. The van der Waals surface area contributed by atoms with Gasteiger partial charge in [0.05, 0.1) is 0 Å². The molecule has 3 rings (SSSR count). The number of hydrogen-bond donors (Lipinski definition) is 2. The molecule has 0 spiro atoms. The Morgan fingerprint density at radius 3 is 2.76 bits per heavy atom. The predicted molar refractivity (Wildman–Crippen MR) is 97.9 cm³/mol. The maximum atomic E-state index is 12.2. The first-order chi connectivity index (χ1) is 12.3. The van der Waals surface area contributed by atoms with Gasteiger partial charge in [0.25, 0.3) is 5.91 Å². The third-order valence-electron chi connectivity index (χ3n) is 3.90. The van der Waals surface area contributed by atoms with Crippen LogP contribution in [-0.2, 0) is 11.3 Å². The zero-order chi connectivity index (χ0) is 17.5. The number of fused-ring (bicyclic) bond motifs is 1. The van der Waals surface area contributed by atoms with E-state index in [4.69, 9.17) is 9.47 Å². The number of ether oxygens (including phenoxy) is 2. The number of methoxy groups -OCH3 is 1. The number of carbonyl (C=O) groups is 1. The maximum absolute atomic E-state index is 12.2. The summed E-state index contributed by atoms with van der Waals surface area (Å²) in [5.74, 6) is 0.657. The van der Waals surface area contributed by atoms with Gasteiger partial charge in [0.15, 0.2) is 0 Å². The summed E-state index contributed by atoms with van der Waals surface area (Å²) < 4.78 is 10.8. The summed E-state index contributed by atoms with van der Waals surface area (Å²) in [6, 6.07) is 17.7. The number of rotatable bonds is 8. The average Bonchev–Trinajstić information content (AvgIpc) is 3.08. The second-order valence-corrected chi connectivity index (χ2v) is 5.81. The monoisotopic (exact) mass is 338 g/mol. The summed E-state index contributed by atoms with van der Waals surface area (Å²) in [4.78, 5) is 15.3. The lowest BCUT2D eigenvalue weighted by molar-refractivity contribution is 0.0944. The first-order valence-corrected chi connectivity index (χ1v) is 8.33. The van der Waals surface area contributed by atoms with Gasteiger partial charge in [0, 0.05) is 37.2 Å². The van der Waals surface area contributed by atoms with E-state index in [1.807, 2.05) is 54.6 Å². The molecule has 0 bridgehead atoms. The topological polar surface area (TPSA) is 63.4 Å². The summed E-state index contributed by atoms with van der Waals surface area (Å²) >= 11 is 0. The lowest BCUT2D eigenvalue weighted by Gasteiger charge is -2.06. The molecule has 2 N–H and O–H groups in total. The number of amides is 1. The normalized spacial score (nSPS) is 10.8. The van der Waals surface area contributed by atoms with Crippen LogP contribution in [0.1, 0.15) is 22.5 Å². The van der Waals surface area contributed by atoms with Crippen LogP contribution in [0.3, 0.4) is 0 Å². The Hall–Kier alpha value is -2.79. The van der Waals surface area contributed by atoms with Crippen molar-refractivity contribution in [3.05, 3.63) is 65.9 Å². The minimum absolute atomic E-state index is 0.112. The first kappa shape index (κ1) is 17.0. The lowest BCUT2D eigenvalue weighted by atomic mass is 10.2. The zero-order valence-corrected chi connectivity index (χ0v) is 14.2.